The first-order valence-electron chi connectivity index (χ1n) is 6.80. The third-order valence-corrected chi connectivity index (χ3v) is 5.01. The number of ether oxygens (including phenoxy) is 1. The zero-order valence-electron chi connectivity index (χ0n) is 11.4. The van der Waals surface area contributed by atoms with Gasteiger partial charge in [0, 0.05) is 22.7 Å². The molecule has 0 bridgehead atoms. The molecule has 20 heavy (non-hydrogen) atoms. The molecule has 2 aliphatic rings. The van der Waals surface area contributed by atoms with Gasteiger partial charge < -0.3 is 4.74 Å². The molecule has 2 nitrogen and oxygen atoms in total. The molecule has 0 N–H and O–H groups in total. The van der Waals surface area contributed by atoms with Gasteiger partial charge in [0.25, 0.3) is 0 Å². The van der Waals surface area contributed by atoms with E-state index in [1.165, 1.54) is 0 Å². The Morgan fingerprint density at radius 2 is 2.10 bits per heavy atom. The third kappa shape index (κ3) is 2.29. The van der Waals surface area contributed by atoms with Gasteiger partial charge in [-0.2, -0.15) is 0 Å². The Morgan fingerprint density at radius 3 is 2.80 bits per heavy atom. The standard InChI is InChI=1S/C17H17BrO2/c1-11(12-3-5-13(18)6-4-12)15-10-20-17(2)8-7-14(19)9-16(15)17/h3-8,15-16H,1,9-10H2,2H3/t15?,16-,17-/m1/s1. The van der Waals surface area contributed by atoms with Crippen molar-refractivity contribution in [2.75, 3.05) is 6.61 Å². The van der Waals surface area contributed by atoms with Gasteiger partial charge in [-0.25, -0.2) is 0 Å². The van der Waals surface area contributed by atoms with E-state index in [1.807, 2.05) is 18.2 Å². The molecule has 1 aliphatic heterocycles. The van der Waals surface area contributed by atoms with Gasteiger partial charge >= 0.3 is 0 Å². The first-order valence-corrected chi connectivity index (χ1v) is 7.60. The second-order valence-corrected chi connectivity index (χ2v) is 6.66. The summed E-state index contributed by atoms with van der Waals surface area (Å²) >= 11 is 3.44. The van der Waals surface area contributed by atoms with Crippen LogP contribution in [-0.4, -0.2) is 18.0 Å². The van der Waals surface area contributed by atoms with Crippen molar-refractivity contribution in [1.82, 2.24) is 0 Å². The van der Waals surface area contributed by atoms with Gasteiger partial charge in [0.05, 0.1) is 12.2 Å². The van der Waals surface area contributed by atoms with Crippen molar-refractivity contribution in [2.45, 2.75) is 18.9 Å². The van der Waals surface area contributed by atoms with Crippen LogP contribution in [0.5, 0.6) is 0 Å². The predicted molar refractivity (Wildman–Crippen MR) is 83.3 cm³/mol. The van der Waals surface area contributed by atoms with Crippen LogP contribution >= 0.6 is 15.9 Å². The summed E-state index contributed by atoms with van der Waals surface area (Å²) in [6.45, 7) is 6.95. The summed E-state index contributed by atoms with van der Waals surface area (Å²) in [5, 5.41) is 0. The SMILES string of the molecule is C=C(c1ccc(Br)cc1)C1CO[C@]2(C)C=CC(=O)C[C@H]12. The van der Waals surface area contributed by atoms with Crippen LogP contribution in [0.15, 0.2) is 47.5 Å². The Hall–Kier alpha value is -1.19. The van der Waals surface area contributed by atoms with Crippen LogP contribution in [-0.2, 0) is 9.53 Å². The fourth-order valence-electron chi connectivity index (χ4n) is 3.17. The number of hydrogen-bond donors (Lipinski definition) is 0. The first-order chi connectivity index (χ1) is 9.49. The van der Waals surface area contributed by atoms with Crippen LogP contribution in [0.25, 0.3) is 5.57 Å². The predicted octanol–water partition coefficient (Wildman–Crippen LogP) is 4.01. The highest BCUT2D eigenvalue weighted by atomic mass is 79.9. The Bertz CT molecular complexity index is 588. The monoisotopic (exact) mass is 332 g/mol. The Kier molecular flexibility index (Phi) is 3.43. The normalized spacial score (nSPS) is 32.2. The molecule has 0 aromatic heterocycles. The molecular formula is C17H17BrO2. The van der Waals surface area contributed by atoms with Gasteiger partial charge in [-0.1, -0.05) is 34.6 Å². The molecular weight excluding hydrogens is 316 g/mol. The van der Waals surface area contributed by atoms with E-state index in [9.17, 15) is 4.79 Å². The number of halogens is 1. The number of carbonyl (C=O) groups excluding carboxylic acids is 1. The average Bonchev–Trinajstić information content (AvgIpc) is 2.76. The summed E-state index contributed by atoms with van der Waals surface area (Å²) in [7, 11) is 0. The van der Waals surface area contributed by atoms with Crippen LogP contribution in [0.1, 0.15) is 18.9 Å². The van der Waals surface area contributed by atoms with Crippen molar-refractivity contribution in [3.63, 3.8) is 0 Å². The van der Waals surface area contributed by atoms with Gasteiger partial charge in [0.15, 0.2) is 5.78 Å². The number of hydrogen-bond acceptors (Lipinski definition) is 2. The molecule has 1 unspecified atom stereocenters. The molecule has 3 rings (SSSR count). The number of fused-ring (bicyclic) bond motifs is 1. The highest BCUT2D eigenvalue weighted by molar-refractivity contribution is 9.10. The molecule has 1 aromatic rings. The van der Waals surface area contributed by atoms with E-state index in [2.05, 4.69) is 41.6 Å². The third-order valence-electron chi connectivity index (χ3n) is 4.48. The molecule has 0 amide bonds. The van der Waals surface area contributed by atoms with Gasteiger partial charge in [0.2, 0.25) is 0 Å². The molecule has 0 spiro atoms. The maximum absolute atomic E-state index is 11.7. The lowest BCUT2D eigenvalue weighted by atomic mass is 9.72. The van der Waals surface area contributed by atoms with E-state index < -0.39 is 0 Å². The maximum Gasteiger partial charge on any atom is 0.155 e. The summed E-state index contributed by atoms with van der Waals surface area (Å²) in [6, 6.07) is 8.15. The molecule has 3 heteroatoms. The fourth-order valence-corrected chi connectivity index (χ4v) is 3.44. The largest absolute Gasteiger partial charge is 0.370 e. The summed E-state index contributed by atoms with van der Waals surface area (Å²) in [5.41, 5.74) is 1.86. The lowest BCUT2D eigenvalue weighted by Gasteiger charge is -2.32. The maximum atomic E-state index is 11.7. The van der Waals surface area contributed by atoms with Crippen LogP contribution < -0.4 is 0 Å². The molecule has 0 saturated carbocycles. The van der Waals surface area contributed by atoms with E-state index in [0.717, 1.165) is 15.6 Å². The molecule has 3 atom stereocenters. The van der Waals surface area contributed by atoms with E-state index in [-0.39, 0.29) is 23.2 Å². The van der Waals surface area contributed by atoms with Crippen LogP contribution in [0.3, 0.4) is 0 Å². The Balaban J connectivity index is 1.88. The summed E-state index contributed by atoms with van der Waals surface area (Å²) < 4.78 is 7.02. The summed E-state index contributed by atoms with van der Waals surface area (Å²) in [4.78, 5) is 11.7. The summed E-state index contributed by atoms with van der Waals surface area (Å²) in [5.74, 6) is 0.581. The lowest BCUT2D eigenvalue weighted by Crippen LogP contribution is -2.36. The molecule has 1 fully saturated rings. The first kappa shape index (κ1) is 13.8. The quantitative estimate of drug-likeness (QED) is 0.817. The van der Waals surface area contributed by atoms with Gasteiger partial charge in [-0.3, -0.25) is 4.79 Å². The van der Waals surface area contributed by atoms with Crippen molar-refractivity contribution in [3.8, 4) is 0 Å². The second kappa shape index (κ2) is 4.97. The highest BCUT2D eigenvalue weighted by Gasteiger charge is 2.48. The second-order valence-electron chi connectivity index (χ2n) is 5.74. The van der Waals surface area contributed by atoms with Crippen molar-refractivity contribution >= 4 is 27.3 Å². The van der Waals surface area contributed by atoms with E-state index >= 15 is 0 Å². The van der Waals surface area contributed by atoms with Gasteiger partial charge in [-0.15, -0.1) is 0 Å². The molecule has 1 aliphatic carbocycles. The Morgan fingerprint density at radius 1 is 1.40 bits per heavy atom. The van der Waals surface area contributed by atoms with Gasteiger partial charge in [-0.05, 0) is 42.3 Å². The smallest absolute Gasteiger partial charge is 0.155 e. The number of carbonyl (C=O) groups is 1. The number of allylic oxidation sites excluding steroid dienone is 1. The van der Waals surface area contributed by atoms with E-state index in [1.54, 1.807) is 6.08 Å². The molecule has 1 heterocycles. The lowest BCUT2D eigenvalue weighted by molar-refractivity contribution is -0.117. The number of ketones is 1. The minimum Gasteiger partial charge on any atom is -0.370 e. The van der Waals surface area contributed by atoms with E-state index in [0.29, 0.717) is 13.0 Å². The Labute approximate surface area is 127 Å². The van der Waals surface area contributed by atoms with Crippen molar-refractivity contribution < 1.29 is 9.53 Å². The van der Waals surface area contributed by atoms with Crippen molar-refractivity contribution in [2.24, 2.45) is 11.8 Å². The highest BCUT2D eigenvalue weighted by Crippen LogP contribution is 2.46. The van der Waals surface area contributed by atoms with Crippen LogP contribution in [0.4, 0.5) is 0 Å². The number of benzene rings is 1. The summed E-state index contributed by atoms with van der Waals surface area (Å²) in [6.07, 6.45) is 4.12. The number of rotatable bonds is 2. The molecule has 0 radical (unpaired) electrons. The fraction of sp³-hybridized carbons (Fsp3) is 0.353. The van der Waals surface area contributed by atoms with Crippen LogP contribution in [0.2, 0.25) is 0 Å². The zero-order valence-corrected chi connectivity index (χ0v) is 13.0. The molecule has 1 aromatic carbocycles. The molecule has 1 saturated heterocycles. The van der Waals surface area contributed by atoms with Crippen molar-refractivity contribution in [1.29, 1.82) is 0 Å². The minimum absolute atomic E-state index is 0.187. The van der Waals surface area contributed by atoms with Crippen LogP contribution in [0, 0.1) is 11.8 Å². The van der Waals surface area contributed by atoms with Crippen molar-refractivity contribution in [3.05, 3.63) is 53.0 Å². The van der Waals surface area contributed by atoms with E-state index in [4.69, 9.17) is 4.74 Å². The zero-order chi connectivity index (χ0) is 14.3. The topological polar surface area (TPSA) is 26.3 Å². The molecule has 104 valence electrons. The van der Waals surface area contributed by atoms with Gasteiger partial charge in [0.1, 0.15) is 0 Å². The minimum atomic E-state index is -0.323. The average molecular weight is 333 g/mol.